The van der Waals surface area contributed by atoms with Gasteiger partial charge in [0.25, 0.3) is 0 Å². The van der Waals surface area contributed by atoms with Crippen molar-refractivity contribution in [3.05, 3.63) is 12.7 Å². The van der Waals surface area contributed by atoms with Gasteiger partial charge in [-0.2, -0.15) is 0 Å². The average molecular weight is 282 g/mol. The van der Waals surface area contributed by atoms with Crippen LogP contribution >= 0.6 is 0 Å². The van der Waals surface area contributed by atoms with E-state index in [-0.39, 0.29) is 18.1 Å². The fraction of sp³-hybridized carbons (Fsp3) is 0.714. The minimum absolute atomic E-state index is 0.200. The molecule has 6 nitrogen and oxygen atoms in total. The lowest BCUT2D eigenvalue weighted by Crippen LogP contribution is -2.62. The van der Waals surface area contributed by atoms with E-state index in [1.165, 1.54) is 6.08 Å². The number of nitrogens with one attached hydrogen (secondary N) is 2. The first-order valence-electron chi connectivity index (χ1n) is 7.09. The predicted molar refractivity (Wildman–Crippen MR) is 73.4 cm³/mol. The molecule has 0 aromatic heterocycles. The van der Waals surface area contributed by atoms with E-state index < -0.39 is 18.1 Å². The number of hydrogen-bond donors (Lipinski definition) is 3. The number of carbonyl (C=O) groups excluding carboxylic acids is 1. The van der Waals surface area contributed by atoms with Crippen LogP contribution in [0.2, 0.25) is 0 Å². The van der Waals surface area contributed by atoms with Gasteiger partial charge in [-0.05, 0) is 38.0 Å². The van der Waals surface area contributed by atoms with Gasteiger partial charge in [0.15, 0.2) is 0 Å². The van der Waals surface area contributed by atoms with Crippen LogP contribution in [0, 0.1) is 5.92 Å². The molecular weight excluding hydrogens is 260 g/mol. The monoisotopic (exact) mass is 282 g/mol. The van der Waals surface area contributed by atoms with Crippen molar-refractivity contribution in [1.82, 2.24) is 10.6 Å². The van der Waals surface area contributed by atoms with E-state index in [0.717, 1.165) is 25.7 Å². The van der Waals surface area contributed by atoms with E-state index in [1.54, 1.807) is 0 Å². The van der Waals surface area contributed by atoms with Gasteiger partial charge in [0.2, 0.25) is 0 Å². The third-order valence-corrected chi connectivity index (χ3v) is 4.42. The van der Waals surface area contributed by atoms with Crippen molar-refractivity contribution in [3.63, 3.8) is 0 Å². The summed E-state index contributed by atoms with van der Waals surface area (Å²) in [7, 11) is 0. The quantitative estimate of drug-likeness (QED) is 0.661. The van der Waals surface area contributed by atoms with Crippen molar-refractivity contribution >= 4 is 12.1 Å². The van der Waals surface area contributed by atoms with E-state index in [0.29, 0.717) is 13.0 Å². The van der Waals surface area contributed by atoms with Crippen LogP contribution in [0.1, 0.15) is 32.1 Å². The van der Waals surface area contributed by atoms with Gasteiger partial charge in [-0.3, -0.25) is 4.79 Å². The molecule has 0 aromatic carbocycles. The summed E-state index contributed by atoms with van der Waals surface area (Å²) in [6.07, 6.45) is 5.48. The summed E-state index contributed by atoms with van der Waals surface area (Å²) in [5.74, 6) is -0.535. The van der Waals surface area contributed by atoms with E-state index in [4.69, 9.17) is 9.84 Å². The third kappa shape index (κ3) is 3.12. The second kappa shape index (κ2) is 6.26. The van der Waals surface area contributed by atoms with Gasteiger partial charge in [0, 0.05) is 12.1 Å². The van der Waals surface area contributed by atoms with Crippen LogP contribution in [0.3, 0.4) is 0 Å². The summed E-state index contributed by atoms with van der Waals surface area (Å²) >= 11 is 0. The Balaban J connectivity index is 1.89. The van der Waals surface area contributed by atoms with Crippen LogP contribution in [-0.2, 0) is 9.53 Å². The highest BCUT2D eigenvalue weighted by Gasteiger charge is 2.47. The van der Waals surface area contributed by atoms with Crippen LogP contribution in [0.15, 0.2) is 12.7 Å². The Kier molecular flexibility index (Phi) is 4.65. The number of rotatable bonds is 5. The zero-order valence-corrected chi connectivity index (χ0v) is 11.6. The molecule has 2 atom stereocenters. The zero-order valence-electron chi connectivity index (χ0n) is 11.6. The molecule has 0 aromatic rings. The SMILES string of the molecule is C=CCOC(=O)NC1(C2CCC(C(=O)O)NC2)CCC1. The van der Waals surface area contributed by atoms with Gasteiger partial charge in [0.1, 0.15) is 12.6 Å². The Hall–Kier alpha value is -1.56. The van der Waals surface area contributed by atoms with Gasteiger partial charge in [0.05, 0.1) is 0 Å². The summed E-state index contributed by atoms with van der Waals surface area (Å²) in [6.45, 7) is 4.33. The normalized spacial score (nSPS) is 28.0. The lowest BCUT2D eigenvalue weighted by molar-refractivity contribution is -0.140. The number of aliphatic carboxylic acids is 1. The molecule has 0 spiro atoms. The maximum absolute atomic E-state index is 11.7. The first kappa shape index (κ1) is 14.8. The van der Waals surface area contributed by atoms with Crippen molar-refractivity contribution in [2.75, 3.05) is 13.2 Å². The maximum atomic E-state index is 11.7. The van der Waals surface area contributed by atoms with Crippen molar-refractivity contribution in [2.24, 2.45) is 5.92 Å². The van der Waals surface area contributed by atoms with Gasteiger partial charge >= 0.3 is 12.1 Å². The van der Waals surface area contributed by atoms with Crippen LogP contribution in [0.4, 0.5) is 4.79 Å². The number of piperidine rings is 1. The van der Waals surface area contributed by atoms with Crippen LogP contribution in [0.5, 0.6) is 0 Å². The van der Waals surface area contributed by atoms with Crippen molar-refractivity contribution in [2.45, 2.75) is 43.7 Å². The molecule has 2 aliphatic rings. The van der Waals surface area contributed by atoms with Gasteiger partial charge < -0.3 is 20.5 Å². The predicted octanol–water partition coefficient (Wildman–Crippen LogP) is 1.27. The fourth-order valence-electron chi connectivity index (χ4n) is 3.11. The molecule has 1 aliphatic carbocycles. The number of carbonyl (C=O) groups is 2. The number of carboxylic acids is 1. The lowest BCUT2D eigenvalue weighted by atomic mass is 9.65. The Morgan fingerprint density at radius 3 is 2.65 bits per heavy atom. The number of amides is 1. The summed E-state index contributed by atoms with van der Waals surface area (Å²) in [4.78, 5) is 22.7. The molecule has 112 valence electrons. The third-order valence-electron chi connectivity index (χ3n) is 4.42. The molecule has 2 unspecified atom stereocenters. The second-order valence-electron chi connectivity index (χ2n) is 5.60. The van der Waals surface area contributed by atoms with Crippen LogP contribution < -0.4 is 10.6 Å². The highest BCUT2D eigenvalue weighted by atomic mass is 16.5. The molecule has 0 radical (unpaired) electrons. The molecular formula is C14H22N2O4. The Morgan fingerprint density at radius 2 is 2.20 bits per heavy atom. The smallest absolute Gasteiger partial charge is 0.407 e. The topological polar surface area (TPSA) is 87.7 Å². The first-order chi connectivity index (χ1) is 9.57. The second-order valence-corrected chi connectivity index (χ2v) is 5.60. The molecule has 2 rings (SSSR count). The fourth-order valence-corrected chi connectivity index (χ4v) is 3.11. The molecule has 3 N–H and O–H groups in total. The number of carboxylic acid groups (broad SMARTS) is 1. The molecule has 1 heterocycles. The molecule has 1 saturated carbocycles. The average Bonchev–Trinajstić information content (AvgIpc) is 2.40. The van der Waals surface area contributed by atoms with Gasteiger partial charge in [-0.25, -0.2) is 4.79 Å². The van der Waals surface area contributed by atoms with Crippen LogP contribution in [-0.4, -0.2) is 41.9 Å². The molecule has 1 aliphatic heterocycles. The molecule has 1 saturated heterocycles. The number of hydrogen-bond acceptors (Lipinski definition) is 4. The highest BCUT2D eigenvalue weighted by Crippen LogP contribution is 2.41. The Labute approximate surface area is 118 Å². The largest absolute Gasteiger partial charge is 0.480 e. The molecule has 6 heteroatoms. The standard InChI is InChI=1S/C14H22N2O4/c1-2-8-20-13(19)16-14(6-3-7-14)10-4-5-11(12(17)18)15-9-10/h2,10-11,15H,1,3-9H2,(H,16,19)(H,17,18). The maximum Gasteiger partial charge on any atom is 0.407 e. The van der Waals surface area contributed by atoms with Crippen LogP contribution in [0.25, 0.3) is 0 Å². The van der Waals surface area contributed by atoms with E-state index in [1.807, 2.05) is 0 Å². The van der Waals surface area contributed by atoms with E-state index in [2.05, 4.69) is 17.2 Å². The Morgan fingerprint density at radius 1 is 1.45 bits per heavy atom. The van der Waals surface area contributed by atoms with Crippen molar-refractivity contribution in [3.8, 4) is 0 Å². The van der Waals surface area contributed by atoms with E-state index >= 15 is 0 Å². The molecule has 20 heavy (non-hydrogen) atoms. The van der Waals surface area contributed by atoms with Crippen molar-refractivity contribution < 1.29 is 19.4 Å². The molecule has 0 bridgehead atoms. The number of alkyl carbamates (subject to hydrolysis) is 1. The van der Waals surface area contributed by atoms with Crippen molar-refractivity contribution in [1.29, 1.82) is 0 Å². The molecule has 2 fully saturated rings. The summed E-state index contributed by atoms with van der Waals surface area (Å²) in [5, 5.41) is 15.0. The van der Waals surface area contributed by atoms with E-state index in [9.17, 15) is 9.59 Å². The molecule has 1 amide bonds. The summed E-state index contributed by atoms with van der Waals surface area (Å²) < 4.78 is 4.99. The van der Waals surface area contributed by atoms with Gasteiger partial charge in [-0.1, -0.05) is 12.7 Å². The summed E-state index contributed by atoms with van der Waals surface area (Å²) in [6, 6.07) is -0.462. The summed E-state index contributed by atoms with van der Waals surface area (Å²) in [5.41, 5.74) is -0.227. The minimum atomic E-state index is -0.801. The minimum Gasteiger partial charge on any atom is -0.480 e. The lowest BCUT2D eigenvalue weighted by Gasteiger charge is -2.49. The van der Waals surface area contributed by atoms with Gasteiger partial charge in [-0.15, -0.1) is 0 Å². The number of ether oxygens (including phenoxy) is 1. The Bertz CT molecular complexity index is 385. The first-order valence-corrected chi connectivity index (χ1v) is 7.09. The highest BCUT2D eigenvalue weighted by molar-refractivity contribution is 5.73. The zero-order chi connectivity index (χ0) is 14.6.